The summed E-state index contributed by atoms with van der Waals surface area (Å²) in [7, 11) is 2.26. The van der Waals surface area contributed by atoms with Gasteiger partial charge in [-0.05, 0) is 17.7 Å². The van der Waals surface area contributed by atoms with Gasteiger partial charge in [-0.1, -0.05) is 6.07 Å². The Morgan fingerprint density at radius 2 is 2.14 bits per heavy atom. The molecule has 22 heavy (non-hydrogen) atoms. The SMILES string of the molecule is [C-]#[N+]c1cc(CN(OC)C(=O)/C=C(\O)C(=O)OC)ccc1F. The zero-order valence-electron chi connectivity index (χ0n) is 11.9. The molecule has 1 rings (SSSR count). The Morgan fingerprint density at radius 3 is 2.68 bits per heavy atom. The predicted octanol–water partition coefficient (Wildman–Crippen LogP) is 1.88. The van der Waals surface area contributed by atoms with E-state index in [-0.39, 0.29) is 12.2 Å². The van der Waals surface area contributed by atoms with Gasteiger partial charge in [-0.25, -0.2) is 19.1 Å². The highest BCUT2D eigenvalue weighted by Gasteiger charge is 2.16. The van der Waals surface area contributed by atoms with Crippen molar-refractivity contribution < 1.29 is 28.7 Å². The minimum absolute atomic E-state index is 0.108. The number of esters is 1. The maximum atomic E-state index is 13.2. The van der Waals surface area contributed by atoms with E-state index in [2.05, 4.69) is 9.58 Å². The van der Waals surface area contributed by atoms with E-state index in [0.29, 0.717) is 11.6 Å². The molecule has 0 saturated carbocycles. The van der Waals surface area contributed by atoms with Crippen molar-refractivity contribution in [1.82, 2.24) is 5.06 Å². The van der Waals surface area contributed by atoms with Crippen molar-refractivity contribution in [2.45, 2.75) is 6.54 Å². The summed E-state index contributed by atoms with van der Waals surface area (Å²) in [6, 6.07) is 3.75. The highest BCUT2D eigenvalue weighted by Crippen LogP contribution is 2.20. The molecule has 1 aromatic rings. The van der Waals surface area contributed by atoms with E-state index < -0.39 is 23.5 Å². The molecule has 0 saturated heterocycles. The zero-order valence-corrected chi connectivity index (χ0v) is 11.9. The molecule has 0 aliphatic heterocycles. The number of aliphatic hydroxyl groups is 1. The van der Waals surface area contributed by atoms with Crippen LogP contribution in [0.4, 0.5) is 10.1 Å². The third-order valence-corrected chi connectivity index (χ3v) is 2.58. The van der Waals surface area contributed by atoms with Gasteiger partial charge >= 0.3 is 5.97 Å². The normalized spacial score (nSPS) is 10.7. The largest absolute Gasteiger partial charge is 0.502 e. The molecule has 7 nitrogen and oxygen atoms in total. The summed E-state index contributed by atoms with van der Waals surface area (Å²) < 4.78 is 17.5. The molecule has 0 aromatic heterocycles. The lowest BCUT2D eigenvalue weighted by Crippen LogP contribution is -2.28. The van der Waals surface area contributed by atoms with Crippen LogP contribution in [0.5, 0.6) is 0 Å². The predicted molar refractivity (Wildman–Crippen MR) is 72.9 cm³/mol. The van der Waals surface area contributed by atoms with E-state index in [1.165, 1.54) is 19.2 Å². The van der Waals surface area contributed by atoms with Gasteiger partial charge in [-0.3, -0.25) is 9.63 Å². The Kier molecular flexibility index (Phi) is 6.04. The van der Waals surface area contributed by atoms with Crippen LogP contribution in [0.2, 0.25) is 0 Å². The molecule has 8 heteroatoms. The fraction of sp³-hybridized carbons (Fsp3) is 0.214. The van der Waals surface area contributed by atoms with Gasteiger partial charge in [-0.15, -0.1) is 0 Å². The van der Waals surface area contributed by atoms with Crippen molar-refractivity contribution in [3.05, 3.63) is 52.8 Å². The van der Waals surface area contributed by atoms with Crippen LogP contribution in [0, 0.1) is 12.4 Å². The van der Waals surface area contributed by atoms with Crippen LogP contribution in [-0.2, 0) is 25.7 Å². The van der Waals surface area contributed by atoms with Crippen molar-refractivity contribution in [3.8, 4) is 0 Å². The first-order valence-electron chi connectivity index (χ1n) is 5.93. The molecule has 116 valence electrons. The second-order valence-electron chi connectivity index (χ2n) is 3.98. The number of aliphatic hydroxyl groups excluding tert-OH is 1. The quantitative estimate of drug-likeness (QED) is 0.295. The second-order valence-corrected chi connectivity index (χ2v) is 3.98. The molecule has 1 N–H and O–H groups in total. The average molecular weight is 308 g/mol. The first kappa shape index (κ1) is 17.1. The number of ether oxygens (including phenoxy) is 1. The van der Waals surface area contributed by atoms with Crippen molar-refractivity contribution >= 4 is 17.6 Å². The fourth-order valence-corrected chi connectivity index (χ4v) is 1.49. The maximum Gasteiger partial charge on any atom is 0.373 e. The molecule has 0 bridgehead atoms. The smallest absolute Gasteiger partial charge is 0.373 e. The van der Waals surface area contributed by atoms with Crippen LogP contribution in [-0.4, -0.2) is 36.3 Å². The number of hydrogen-bond donors (Lipinski definition) is 1. The summed E-state index contributed by atoms with van der Waals surface area (Å²) in [6.07, 6.45) is 0.634. The summed E-state index contributed by atoms with van der Waals surface area (Å²) in [4.78, 5) is 30.7. The van der Waals surface area contributed by atoms with Gasteiger partial charge in [0.2, 0.25) is 11.4 Å². The molecule has 0 radical (unpaired) electrons. The molecular formula is C14H13FN2O5. The van der Waals surface area contributed by atoms with Crippen LogP contribution >= 0.6 is 0 Å². The van der Waals surface area contributed by atoms with Crippen LogP contribution in [0.1, 0.15) is 5.56 Å². The highest BCUT2D eigenvalue weighted by molar-refractivity contribution is 5.96. The first-order chi connectivity index (χ1) is 10.4. The Balaban J connectivity index is 2.92. The van der Waals surface area contributed by atoms with Crippen molar-refractivity contribution in [3.63, 3.8) is 0 Å². The Bertz CT molecular complexity index is 651. The monoisotopic (exact) mass is 308 g/mol. The Hall–Kier alpha value is -2.92. The van der Waals surface area contributed by atoms with Crippen molar-refractivity contribution in [2.24, 2.45) is 0 Å². The number of rotatable bonds is 5. The van der Waals surface area contributed by atoms with Gasteiger partial charge in [0.1, 0.15) is 5.82 Å². The molecule has 0 fully saturated rings. The van der Waals surface area contributed by atoms with E-state index in [4.69, 9.17) is 11.4 Å². The van der Waals surface area contributed by atoms with Gasteiger partial charge in [0.05, 0.1) is 33.4 Å². The third-order valence-electron chi connectivity index (χ3n) is 2.58. The topological polar surface area (TPSA) is 80.4 Å². The minimum atomic E-state index is -1.07. The molecule has 0 unspecified atom stereocenters. The molecule has 0 aliphatic rings. The van der Waals surface area contributed by atoms with Gasteiger partial charge < -0.3 is 9.84 Å². The summed E-state index contributed by atoms with van der Waals surface area (Å²) in [5, 5.41) is 10.1. The number of amides is 1. The lowest BCUT2D eigenvalue weighted by atomic mass is 10.2. The molecule has 1 aromatic carbocycles. The van der Waals surface area contributed by atoms with Gasteiger partial charge in [-0.2, -0.15) is 0 Å². The molecular weight excluding hydrogens is 295 g/mol. The molecule has 0 spiro atoms. The number of carbonyl (C=O) groups is 2. The Labute approximate surface area is 125 Å². The summed E-state index contributed by atoms with van der Waals surface area (Å²) >= 11 is 0. The van der Waals surface area contributed by atoms with E-state index in [1.54, 1.807) is 0 Å². The van der Waals surface area contributed by atoms with E-state index in [9.17, 15) is 19.1 Å². The summed E-state index contributed by atoms with van der Waals surface area (Å²) in [6.45, 7) is 6.73. The van der Waals surface area contributed by atoms with Crippen LogP contribution < -0.4 is 0 Å². The summed E-state index contributed by atoms with van der Waals surface area (Å²) in [5.41, 5.74) is 0.252. The molecule has 0 atom stereocenters. The summed E-state index contributed by atoms with van der Waals surface area (Å²) in [5.74, 6) is -3.44. The second kappa shape index (κ2) is 7.75. The molecule has 0 heterocycles. The number of nitrogens with zero attached hydrogens (tertiary/aromatic N) is 2. The number of methoxy groups -OCH3 is 1. The number of carbonyl (C=O) groups excluding carboxylic acids is 2. The third kappa shape index (κ3) is 4.29. The first-order valence-corrected chi connectivity index (χ1v) is 5.93. The minimum Gasteiger partial charge on any atom is -0.502 e. The van der Waals surface area contributed by atoms with Crippen molar-refractivity contribution in [1.29, 1.82) is 0 Å². The van der Waals surface area contributed by atoms with E-state index in [1.807, 2.05) is 0 Å². The Morgan fingerprint density at radius 1 is 1.45 bits per heavy atom. The van der Waals surface area contributed by atoms with Crippen LogP contribution in [0.25, 0.3) is 4.85 Å². The lowest BCUT2D eigenvalue weighted by molar-refractivity contribution is -0.173. The standard InChI is InChI=1S/C14H13FN2O5/c1-16-11-6-9(4-5-10(11)15)8-17(22-3)13(19)7-12(18)14(20)21-2/h4-7,18H,8H2,2-3H3/b12-7-. The maximum absolute atomic E-state index is 13.2. The van der Waals surface area contributed by atoms with Crippen LogP contribution in [0.15, 0.2) is 30.0 Å². The number of benzene rings is 1. The number of hydrogen-bond acceptors (Lipinski definition) is 5. The van der Waals surface area contributed by atoms with E-state index in [0.717, 1.165) is 18.2 Å². The molecule has 1 amide bonds. The van der Waals surface area contributed by atoms with Gasteiger partial charge in [0, 0.05) is 0 Å². The number of hydroxylamine groups is 2. The average Bonchev–Trinajstić information content (AvgIpc) is 2.52. The number of halogens is 1. The lowest BCUT2D eigenvalue weighted by Gasteiger charge is -2.18. The van der Waals surface area contributed by atoms with Gasteiger partial charge in [0.25, 0.3) is 5.91 Å². The van der Waals surface area contributed by atoms with Gasteiger partial charge in [0.15, 0.2) is 0 Å². The fourth-order valence-electron chi connectivity index (χ4n) is 1.49. The van der Waals surface area contributed by atoms with Crippen LogP contribution in [0.3, 0.4) is 0 Å². The van der Waals surface area contributed by atoms with Crippen molar-refractivity contribution in [2.75, 3.05) is 14.2 Å². The van der Waals surface area contributed by atoms with E-state index >= 15 is 0 Å². The molecule has 0 aliphatic carbocycles. The highest BCUT2D eigenvalue weighted by atomic mass is 19.1. The zero-order chi connectivity index (χ0) is 16.7.